The van der Waals surface area contributed by atoms with E-state index in [-0.39, 0.29) is 24.2 Å². The molecule has 0 amide bonds. The third-order valence-electron chi connectivity index (χ3n) is 5.93. The average Bonchev–Trinajstić information content (AvgIpc) is 3.19. The Kier molecular flexibility index (Phi) is 8.50. The van der Waals surface area contributed by atoms with E-state index in [1.165, 1.54) is 0 Å². The van der Waals surface area contributed by atoms with Gasteiger partial charge in [-0.1, -0.05) is 96.1 Å². The van der Waals surface area contributed by atoms with Crippen LogP contribution in [-0.4, -0.2) is 24.9 Å². The van der Waals surface area contributed by atoms with E-state index in [0.29, 0.717) is 32.8 Å². The molecule has 0 radical (unpaired) electrons. The van der Waals surface area contributed by atoms with Crippen LogP contribution in [0.15, 0.2) is 96.1 Å². The maximum absolute atomic E-state index is 9.17. The topological polar surface area (TPSA) is 76.5 Å². The van der Waals surface area contributed by atoms with E-state index in [1.54, 1.807) is 0 Å². The maximum atomic E-state index is 9.17. The zero-order chi connectivity index (χ0) is 22.7. The van der Waals surface area contributed by atoms with Crippen molar-refractivity contribution in [1.29, 1.82) is 0 Å². The van der Waals surface area contributed by atoms with E-state index in [9.17, 15) is 0 Å². The molecule has 1 aliphatic rings. The van der Waals surface area contributed by atoms with Crippen LogP contribution in [0, 0.1) is 5.92 Å². The summed E-state index contributed by atoms with van der Waals surface area (Å²) in [5.41, 5.74) is 12.5. The predicted octanol–water partition coefficient (Wildman–Crippen LogP) is 6.07. The Balaban J connectivity index is 1.46. The molecule has 0 aromatic heterocycles. The van der Waals surface area contributed by atoms with Crippen LogP contribution in [0.2, 0.25) is 0 Å². The minimum Gasteiger partial charge on any atom is -0.376 e. The van der Waals surface area contributed by atoms with Crippen molar-refractivity contribution in [2.45, 2.75) is 44.5 Å². The number of ether oxygens (including phenoxy) is 3. The molecule has 3 aromatic carbocycles. The molecular formula is C27H29N3O3. The van der Waals surface area contributed by atoms with E-state index >= 15 is 0 Å². The largest absolute Gasteiger partial charge is 0.376 e. The van der Waals surface area contributed by atoms with Gasteiger partial charge in [-0.15, -0.1) is 0 Å². The van der Waals surface area contributed by atoms with Crippen molar-refractivity contribution in [2.75, 3.05) is 6.61 Å². The summed E-state index contributed by atoms with van der Waals surface area (Å²) in [6.07, 6.45) is 0.0907. The van der Waals surface area contributed by atoms with E-state index in [0.717, 1.165) is 16.7 Å². The van der Waals surface area contributed by atoms with Gasteiger partial charge in [0.1, 0.15) is 0 Å². The summed E-state index contributed by atoms with van der Waals surface area (Å²) in [4.78, 5) is 3.09. The molecule has 1 fully saturated rings. The molecule has 6 nitrogen and oxygen atoms in total. The molecule has 0 N–H and O–H groups in total. The van der Waals surface area contributed by atoms with Crippen molar-refractivity contribution < 1.29 is 14.2 Å². The highest BCUT2D eigenvalue weighted by Gasteiger charge is 2.44. The Labute approximate surface area is 194 Å². The van der Waals surface area contributed by atoms with Gasteiger partial charge in [0, 0.05) is 10.8 Å². The van der Waals surface area contributed by atoms with Gasteiger partial charge in [-0.3, -0.25) is 0 Å². The molecule has 4 rings (SSSR count). The first-order valence-corrected chi connectivity index (χ1v) is 11.3. The molecule has 33 heavy (non-hydrogen) atoms. The van der Waals surface area contributed by atoms with Crippen LogP contribution in [0.1, 0.15) is 23.1 Å². The number of hydrogen-bond donors (Lipinski definition) is 0. The molecule has 1 saturated carbocycles. The Morgan fingerprint density at radius 2 is 1.18 bits per heavy atom. The predicted molar refractivity (Wildman–Crippen MR) is 127 cm³/mol. The van der Waals surface area contributed by atoms with Crippen LogP contribution in [0.5, 0.6) is 0 Å². The number of azide groups is 1. The lowest BCUT2D eigenvalue weighted by molar-refractivity contribution is -0.0976. The standard InChI is InChI=1S/C27H29N3O3/c28-30-29-25-16-24(20-31-17-21-10-4-1-5-11-21)26(32-18-22-12-6-2-7-13-22)27(25)33-19-23-14-8-3-9-15-23/h1-15,24-27H,16-20H2. The fraction of sp³-hybridized carbons (Fsp3) is 0.333. The number of benzene rings is 3. The third kappa shape index (κ3) is 6.67. The molecule has 170 valence electrons. The van der Waals surface area contributed by atoms with Crippen LogP contribution in [0.4, 0.5) is 0 Å². The summed E-state index contributed by atoms with van der Waals surface area (Å²) in [5.74, 6) is 0.0636. The summed E-state index contributed by atoms with van der Waals surface area (Å²) in [6, 6.07) is 29.9. The minimum atomic E-state index is -0.338. The summed E-state index contributed by atoms with van der Waals surface area (Å²) < 4.78 is 18.8. The molecule has 6 heteroatoms. The van der Waals surface area contributed by atoms with Gasteiger partial charge in [-0.2, -0.15) is 0 Å². The Bertz CT molecular complexity index is 1010. The fourth-order valence-electron chi connectivity index (χ4n) is 4.28. The fourth-order valence-corrected chi connectivity index (χ4v) is 4.28. The van der Waals surface area contributed by atoms with Gasteiger partial charge < -0.3 is 14.2 Å². The average molecular weight is 444 g/mol. The maximum Gasteiger partial charge on any atom is 0.0929 e. The normalized spacial score (nSPS) is 22.1. The van der Waals surface area contributed by atoms with E-state index in [1.807, 2.05) is 91.0 Å². The van der Waals surface area contributed by atoms with Crippen LogP contribution in [0.25, 0.3) is 10.4 Å². The molecule has 1 aliphatic carbocycles. The second-order valence-electron chi connectivity index (χ2n) is 8.29. The van der Waals surface area contributed by atoms with Crippen molar-refractivity contribution in [2.24, 2.45) is 11.0 Å². The molecular weight excluding hydrogens is 414 g/mol. The van der Waals surface area contributed by atoms with Crippen molar-refractivity contribution in [1.82, 2.24) is 0 Å². The van der Waals surface area contributed by atoms with Gasteiger partial charge in [0.05, 0.1) is 44.7 Å². The highest BCUT2D eigenvalue weighted by molar-refractivity contribution is 5.15. The first kappa shape index (κ1) is 23.0. The summed E-state index contributed by atoms with van der Waals surface area (Å²) >= 11 is 0. The van der Waals surface area contributed by atoms with E-state index in [2.05, 4.69) is 10.0 Å². The SMILES string of the molecule is [N-]=[N+]=NC1CC(COCc2ccccc2)C(OCc2ccccc2)C1OCc1ccccc1. The summed E-state index contributed by atoms with van der Waals surface area (Å²) in [6.45, 7) is 1.95. The molecule has 0 spiro atoms. The zero-order valence-electron chi connectivity index (χ0n) is 18.6. The van der Waals surface area contributed by atoms with Crippen molar-refractivity contribution in [3.05, 3.63) is 118 Å². The Hall–Kier alpha value is -3.15. The lowest BCUT2D eigenvalue weighted by atomic mass is 10.1. The smallest absolute Gasteiger partial charge is 0.0929 e. The molecule has 4 atom stereocenters. The van der Waals surface area contributed by atoms with Crippen molar-refractivity contribution in [3.63, 3.8) is 0 Å². The zero-order valence-corrected chi connectivity index (χ0v) is 18.6. The second-order valence-corrected chi connectivity index (χ2v) is 8.29. The highest BCUT2D eigenvalue weighted by atomic mass is 16.5. The number of rotatable bonds is 11. The van der Waals surface area contributed by atoms with Crippen LogP contribution >= 0.6 is 0 Å². The quantitative estimate of drug-likeness (QED) is 0.205. The first-order chi connectivity index (χ1) is 16.3. The summed E-state index contributed by atoms with van der Waals surface area (Å²) in [5, 5.41) is 4.06. The molecule has 3 aromatic rings. The molecule has 0 heterocycles. The molecule has 0 aliphatic heterocycles. The van der Waals surface area contributed by atoms with Crippen LogP contribution < -0.4 is 0 Å². The third-order valence-corrected chi connectivity index (χ3v) is 5.93. The van der Waals surface area contributed by atoms with Gasteiger partial charge in [-0.25, -0.2) is 0 Å². The molecule has 4 unspecified atom stereocenters. The highest BCUT2D eigenvalue weighted by Crippen LogP contribution is 2.35. The van der Waals surface area contributed by atoms with E-state index in [4.69, 9.17) is 19.7 Å². The van der Waals surface area contributed by atoms with Gasteiger partial charge in [0.15, 0.2) is 0 Å². The van der Waals surface area contributed by atoms with Crippen molar-refractivity contribution >= 4 is 0 Å². The molecule has 0 saturated heterocycles. The Morgan fingerprint density at radius 3 is 1.70 bits per heavy atom. The monoisotopic (exact) mass is 443 g/mol. The van der Waals surface area contributed by atoms with Gasteiger partial charge in [0.2, 0.25) is 0 Å². The van der Waals surface area contributed by atoms with Crippen molar-refractivity contribution in [3.8, 4) is 0 Å². The van der Waals surface area contributed by atoms with Gasteiger partial charge >= 0.3 is 0 Å². The van der Waals surface area contributed by atoms with Crippen LogP contribution in [-0.2, 0) is 34.0 Å². The first-order valence-electron chi connectivity index (χ1n) is 11.3. The van der Waals surface area contributed by atoms with Gasteiger partial charge in [-0.05, 0) is 28.6 Å². The minimum absolute atomic E-state index is 0.0636. The Morgan fingerprint density at radius 1 is 0.697 bits per heavy atom. The van der Waals surface area contributed by atoms with E-state index < -0.39 is 0 Å². The molecule has 0 bridgehead atoms. The number of nitrogens with zero attached hydrogens (tertiary/aromatic N) is 3. The second kappa shape index (κ2) is 12.2. The lowest BCUT2D eigenvalue weighted by Gasteiger charge is -2.27. The van der Waals surface area contributed by atoms with Gasteiger partial charge in [0.25, 0.3) is 0 Å². The van der Waals surface area contributed by atoms with Crippen LogP contribution in [0.3, 0.4) is 0 Å². The lowest BCUT2D eigenvalue weighted by Crippen LogP contribution is -2.36. The summed E-state index contributed by atoms with van der Waals surface area (Å²) in [7, 11) is 0. The number of hydrogen-bond acceptors (Lipinski definition) is 4.